The van der Waals surface area contributed by atoms with Crippen LogP contribution >= 0.6 is 12.6 Å². The third kappa shape index (κ3) is 2.53. The van der Waals surface area contributed by atoms with Crippen LogP contribution in [-0.4, -0.2) is 24.1 Å². The highest BCUT2D eigenvalue weighted by atomic mass is 32.1. The minimum absolute atomic E-state index is 0.0980. The molecule has 0 bridgehead atoms. The van der Waals surface area contributed by atoms with Gasteiger partial charge in [0.2, 0.25) is 0 Å². The molecule has 120 valence electrons. The number of hydrogen-bond donors (Lipinski definition) is 2. The molecule has 1 aromatic heterocycles. The maximum Gasteiger partial charge on any atom is 0.124 e. The van der Waals surface area contributed by atoms with E-state index in [1.165, 1.54) is 10.8 Å². The summed E-state index contributed by atoms with van der Waals surface area (Å²) < 4.78 is 0. The molecule has 3 nitrogen and oxygen atoms in total. The summed E-state index contributed by atoms with van der Waals surface area (Å²) in [6.45, 7) is 0. The number of aromatic nitrogens is 2. The summed E-state index contributed by atoms with van der Waals surface area (Å²) >= 11 is 4.85. The van der Waals surface area contributed by atoms with Crippen molar-refractivity contribution >= 4 is 40.1 Å². The zero-order chi connectivity index (χ0) is 16.7. The first-order valence-corrected chi connectivity index (χ1v) is 8.48. The van der Waals surface area contributed by atoms with Crippen LogP contribution in [-0.2, 0) is 0 Å². The number of thiol groups is 1. The smallest absolute Gasteiger partial charge is 0.124 e. The van der Waals surface area contributed by atoms with Gasteiger partial charge in [-0.15, -0.1) is 0 Å². The average Bonchev–Trinajstić information content (AvgIpc) is 3.01. The Labute approximate surface area is 146 Å². The molecule has 1 N–H and O–H groups in total. The molecule has 3 aromatic carbocycles. The number of nitrogens with one attached hydrogen (secondary N) is 1. The van der Waals surface area contributed by atoms with E-state index in [4.69, 9.17) is 17.6 Å². The summed E-state index contributed by atoms with van der Waals surface area (Å²) in [5, 5.41) is 2.32. The van der Waals surface area contributed by atoms with Gasteiger partial charge in [-0.05, 0) is 34.5 Å². The van der Waals surface area contributed by atoms with Gasteiger partial charge in [-0.25, -0.2) is 4.98 Å². The van der Waals surface area contributed by atoms with Crippen molar-refractivity contribution in [3.63, 3.8) is 0 Å². The first-order chi connectivity index (χ1) is 11.6. The first-order valence-electron chi connectivity index (χ1n) is 7.96. The van der Waals surface area contributed by atoms with Gasteiger partial charge in [0.1, 0.15) is 5.82 Å². The van der Waals surface area contributed by atoms with Gasteiger partial charge in [0.15, 0.2) is 0 Å². The zero-order valence-electron chi connectivity index (χ0n) is 13.7. The lowest BCUT2D eigenvalue weighted by Gasteiger charge is -2.20. The minimum Gasteiger partial charge on any atom is -0.377 e. The lowest BCUT2D eigenvalue weighted by molar-refractivity contribution is 0.999. The molecule has 0 amide bonds. The standard InChI is InChI=1S/C20H19N3S/c1-23(2)18-10-6-5-9-15(18)19(24)20-21-16-11-13-7-3-4-8-14(13)12-17(16)22-20/h3-12,19,24H,1-2H3,(H,21,22). The van der Waals surface area contributed by atoms with Gasteiger partial charge in [0.05, 0.1) is 16.3 Å². The number of imidazole rings is 1. The molecule has 0 aliphatic rings. The molecule has 4 heteroatoms. The number of hydrogen-bond acceptors (Lipinski definition) is 3. The summed E-state index contributed by atoms with van der Waals surface area (Å²) in [5.41, 5.74) is 4.33. The maximum atomic E-state index is 4.85. The Kier molecular flexibility index (Phi) is 3.69. The normalized spacial score (nSPS) is 12.6. The number of fused-ring (bicyclic) bond motifs is 2. The van der Waals surface area contributed by atoms with Gasteiger partial charge in [-0.2, -0.15) is 12.6 Å². The van der Waals surface area contributed by atoms with E-state index in [0.29, 0.717) is 0 Å². The number of H-pyrrole nitrogens is 1. The molecule has 0 aliphatic carbocycles. The Morgan fingerprint density at radius 3 is 2.38 bits per heavy atom. The fraction of sp³-hybridized carbons (Fsp3) is 0.150. The van der Waals surface area contributed by atoms with E-state index in [1.807, 2.05) is 26.2 Å². The molecule has 0 spiro atoms. The molecule has 0 radical (unpaired) electrons. The number of nitrogens with zero attached hydrogens (tertiary/aromatic N) is 2. The molecule has 1 unspecified atom stereocenters. The number of rotatable bonds is 3. The van der Waals surface area contributed by atoms with Crippen LogP contribution in [0.1, 0.15) is 16.6 Å². The second-order valence-electron chi connectivity index (χ2n) is 6.19. The number of anilines is 1. The zero-order valence-corrected chi connectivity index (χ0v) is 14.6. The Morgan fingerprint density at radius 1 is 0.958 bits per heavy atom. The van der Waals surface area contributed by atoms with Crippen LogP contribution in [0.2, 0.25) is 0 Å². The van der Waals surface area contributed by atoms with E-state index in [0.717, 1.165) is 28.1 Å². The highest BCUT2D eigenvalue weighted by Gasteiger charge is 2.18. The van der Waals surface area contributed by atoms with Crippen LogP contribution in [0.25, 0.3) is 21.8 Å². The Balaban J connectivity index is 1.83. The van der Waals surface area contributed by atoms with Gasteiger partial charge in [-0.3, -0.25) is 0 Å². The molecule has 24 heavy (non-hydrogen) atoms. The van der Waals surface area contributed by atoms with E-state index >= 15 is 0 Å². The molecule has 0 saturated carbocycles. The second kappa shape index (κ2) is 5.87. The molecular formula is C20H19N3S. The second-order valence-corrected chi connectivity index (χ2v) is 6.71. The fourth-order valence-electron chi connectivity index (χ4n) is 3.12. The molecule has 4 aromatic rings. The summed E-state index contributed by atoms with van der Waals surface area (Å²) in [4.78, 5) is 10.3. The van der Waals surface area contributed by atoms with Crippen LogP contribution in [0.5, 0.6) is 0 Å². The van der Waals surface area contributed by atoms with Crippen LogP contribution in [0.3, 0.4) is 0 Å². The van der Waals surface area contributed by atoms with Gasteiger partial charge in [-0.1, -0.05) is 42.5 Å². The van der Waals surface area contributed by atoms with E-state index < -0.39 is 0 Å². The number of benzene rings is 3. The molecular weight excluding hydrogens is 314 g/mol. The Hall–Kier alpha value is -2.46. The fourth-order valence-corrected chi connectivity index (χ4v) is 3.46. The summed E-state index contributed by atoms with van der Waals surface area (Å²) in [6, 6.07) is 20.9. The largest absolute Gasteiger partial charge is 0.377 e. The van der Waals surface area contributed by atoms with Crippen molar-refractivity contribution < 1.29 is 0 Å². The van der Waals surface area contributed by atoms with Crippen molar-refractivity contribution in [3.05, 3.63) is 72.1 Å². The van der Waals surface area contributed by atoms with Gasteiger partial charge in [0, 0.05) is 19.8 Å². The highest BCUT2D eigenvalue weighted by molar-refractivity contribution is 7.80. The number of para-hydroxylation sites is 1. The monoisotopic (exact) mass is 333 g/mol. The molecule has 1 atom stereocenters. The number of aromatic amines is 1. The Bertz CT molecular complexity index is 967. The van der Waals surface area contributed by atoms with Crippen molar-refractivity contribution in [2.75, 3.05) is 19.0 Å². The van der Waals surface area contributed by atoms with Crippen LogP contribution < -0.4 is 4.90 Å². The lowest BCUT2D eigenvalue weighted by Crippen LogP contribution is -2.12. The van der Waals surface area contributed by atoms with Crippen molar-refractivity contribution in [2.45, 2.75) is 5.25 Å². The third-order valence-corrected chi connectivity index (χ3v) is 4.86. The van der Waals surface area contributed by atoms with E-state index in [-0.39, 0.29) is 5.25 Å². The van der Waals surface area contributed by atoms with Gasteiger partial charge in [0.25, 0.3) is 0 Å². The first kappa shape index (κ1) is 15.1. The Morgan fingerprint density at radius 2 is 1.62 bits per heavy atom. The topological polar surface area (TPSA) is 31.9 Å². The van der Waals surface area contributed by atoms with Gasteiger partial charge < -0.3 is 9.88 Å². The molecule has 0 saturated heterocycles. The summed E-state index contributed by atoms with van der Waals surface area (Å²) in [6.07, 6.45) is 0. The third-order valence-electron chi connectivity index (χ3n) is 4.34. The average molecular weight is 333 g/mol. The SMILES string of the molecule is CN(C)c1ccccc1C(S)c1nc2cc3ccccc3cc2[nH]1. The van der Waals surface area contributed by atoms with Crippen LogP contribution in [0.15, 0.2) is 60.7 Å². The van der Waals surface area contributed by atoms with Crippen molar-refractivity contribution in [2.24, 2.45) is 0 Å². The van der Waals surface area contributed by atoms with Crippen LogP contribution in [0, 0.1) is 0 Å². The van der Waals surface area contributed by atoms with E-state index in [1.54, 1.807) is 0 Å². The summed E-state index contributed by atoms with van der Waals surface area (Å²) in [7, 11) is 4.09. The lowest BCUT2D eigenvalue weighted by atomic mass is 10.1. The van der Waals surface area contributed by atoms with Crippen molar-refractivity contribution in [3.8, 4) is 0 Å². The molecule has 0 fully saturated rings. The van der Waals surface area contributed by atoms with Crippen LogP contribution in [0.4, 0.5) is 5.69 Å². The van der Waals surface area contributed by atoms with Crippen molar-refractivity contribution in [1.82, 2.24) is 9.97 Å². The minimum atomic E-state index is -0.0980. The predicted molar refractivity (Wildman–Crippen MR) is 105 cm³/mol. The van der Waals surface area contributed by atoms with Gasteiger partial charge >= 0.3 is 0 Å². The van der Waals surface area contributed by atoms with E-state index in [2.05, 4.69) is 58.4 Å². The summed E-state index contributed by atoms with van der Waals surface area (Å²) in [5.74, 6) is 0.873. The molecule has 1 heterocycles. The maximum absolute atomic E-state index is 4.85. The highest BCUT2D eigenvalue weighted by Crippen LogP contribution is 2.34. The quantitative estimate of drug-likeness (QED) is 0.528. The van der Waals surface area contributed by atoms with E-state index in [9.17, 15) is 0 Å². The molecule has 4 rings (SSSR count). The predicted octanol–water partition coefficient (Wildman–Crippen LogP) is 4.80. The molecule has 0 aliphatic heterocycles. The van der Waals surface area contributed by atoms with Crippen molar-refractivity contribution in [1.29, 1.82) is 0 Å².